The number of carbonyl (C=O) groups is 2. The van der Waals surface area contributed by atoms with E-state index < -0.39 is 29.4 Å². The zero-order chi connectivity index (χ0) is 27.9. The molecule has 0 spiro atoms. The fourth-order valence-electron chi connectivity index (χ4n) is 4.03. The lowest BCUT2D eigenvalue weighted by atomic mass is 10.2. The van der Waals surface area contributed by atoms with Gasteiger partial charge in [0.05, 0.1) is 18.4 Å². The number of aromatic nitrogens is 5. The van der Waals surface area contributed by atoms with Gasteiger partial charge in [-0.2, -0.15) is 4.39 Å². The Kier molecular flexibility index (Phi) is 8.74. The third-order valence-corrected chi connectivity index (χ3v) is 6.26. The summed E-state index contributed by atoms with van der Waals surface area (Å²) in [4.78, 5) is 42.7. The fraction of sp³-hybridized carbons (Fsp3) is 0.400. The number of alkyl halides is 1. The Hall–Kier alpha value is -4.49. The van der Waals surface area contributed by atoms with E-state index in [-0.39, 0.29) is 43.3 Å². The minimum Gasteiger partial charge on any atom is -0.353 e. The largest absolute Gasteiger partial charge is 0.353 e. The molecule has 1 aliphatic rings. The first-order valence-electron chi connectivity index (χ1n) is 12.5. The van der Waals surface area contributed by atoms with Crippen LogP contribution in [-0.4, -0.2) is 66.4 Å². The zero-order valence-corrected chi connectivity index (χ0v) is 21.4. The van der Waals surface area contributed by atoms with Crippen LogP contribution in [-0.2, 0) is 24.4 Å². The van der Waals surface area contributed by atoms with Gasteiger partial charge in [-0.3, -0.25) is 24.8 Å². The van der Waals surface area contributed by atoms with E-state index in [1.807, 2.05) is 19.1 Å². The maximum absolute atomic E-state index is 14.6. The summed E-state index contributed by atoms with van der Waals surface area (Å²) in [6.07, 6.45) is 4.38. The van der Waals surface area contributed by atoms with Crippen LogP contribution in [0.5, 0.6) is 0 Å². The number of aryl methyl sites for hydroxylation is 2. The van der Waals surface area contributed by atoms with E-state index in [2.05, 4.69) is 25.9 Å². The Labute approximate surface area is 222 Å². The normalized spacial score (nSPS) is 13.8. The summed E-state index contributed by atoms with van der Waals surface area (Å²) in [6.45, 7) is 2.93. The van der Waals surface area contributed by atoms with Crippen molar-refractivity contribution in [2.45, 2.75) is 52.0 Å². The van der Waals surface area contributed by atoms with E-state index in [0.717, 1.165) is 28.7 Å². The molecule has 39 heavy (non-hydrogen) atoms. The lowest BCUT2D eigenvalue weighted by molar-refractivity contribution is -0.111. The van der Waals surface area contributed by atoms with Gasteiger partial charge in [0, 0.05) is 44.3 Å². The van der Waals surface area contributed by atoms with Gasteiger partial charge in [0.25, 0.3) is 17.4 Å². The van der Waals surface area contributed by atoms with Crippen molar-refractivity contribution in [1.29, 1.82) is 5.41 Å². The van der Waals surface area contributed by atoms with Crippen LogP contribution in [0.25, 0.3) is 0 Å². The topological polar surface area (TPSA) is 151 Å². The molecule has 0 saturated carbocycles. The van der Waals surface area contributed by atoms with Crippen LogP contribution in [0.2, 0.25) is 0 Å². The molecule has 2 amide bonds. The number of carbonyl (C=O) groups excluding carboxylic acids is 2. The molecule has 4 heterocycles. The average Bonchev–Trinajstić information content (AvgIpc) is 3.63. The molecule has 3 aromatic heterocycles. The summed E-state index contributed by atoms with van der Waals surface area (Å²) in [5, 5.41) is 20.4. The Morgan fingerprint density at radius 2 is 1.97 bits per heavy atom. The molecule has 1 atom stereocenters. The van der Waals surface area contributed by atoms with Gasteiger partial charge in [0.15, 0.2) is 11.5 Å². The number of likely N-dealkylation sites (tertiary alicyclic amines) is 1. The van der Waals surface area contributed by atoms with Crippen molar-refractivity contribution in [1.82, 2.24) is 34.8 Å². The fourth-order valence-corrected chi connectivity index (χ4v) is 4.03. The van der Waals surface area contributed by atoms with E-state index in [9.17, 15) is 23.2 Å². The summed E-state index contributed by atoms with van der Waals surface area (Å²) in [6, 6.07) is 4.88. The first kappa shape index (κ1) is 27.5. The monoisotopic (exact) mass is 541 g/mol. The number of pyridine rings is 2. The maximum atomic E-state index is 14.6. The smallest absolute Gasteiger partial charge is 0.290 e. The predicted molar refractivity (Wildman–Crippen MR) is 138 cm³/mol. The van der Waals surface area contributed by atoms with E-state index in [1.54, 1.807) is 11.1 Å². The van der Waals surface area contributed by atoms with Crippen molar-refractivity contribution < 1.29 is 18.4 Å². The number of rotatable bonds is 9. The van der Waals surface area contributed by atoms with Gasteiger partial charge < -0.3 is 20.1 Å². The third-order valence-electron chi connectivity index (χ3n) is 6.26. The highest BCUT2D eigenvalue weighted by atomic mass is 19.1. The molecule has 0 bridgehead atoms. The molecular formula is C25H29F2N9O3. The molecule has 1 fully saturated rings. The molecule has 1 unspecified atom stereocenters. The van der Waals surface area contributed by atoms with Gasteiger partial charge in [-0.15, -0.1) is 5.10 Å². The third kappa shape index (κ3) is 7.09. The minimum absolute atomic E-state index is 0.0241. The number of amides is 2. The molecule has 4 rings (SSSR count). The number of hydrogen-bond acceptors (Lipinski definition) is 7. The Morgan fingerprint density at radius 1 is 1.21 bits per heavy atom. The molecule has 3 N–H and O–H groups in total. The molecule has 1 saturated heterocycles. The maximum Gasteiger partial charge on any atom is 0.290 e. The van der Waals surface area contributed by atoms with Crippen molar-refractivity contribution in [3.05, 3.63) is 69.9 Å². The van der Waals surface area contributed by atoms with E-state index in [0.29, 0.717) is 13.1 Å². The molecule has 206 valence electrons. The van der Waals surface area contributed by atoms with Crippen LogP contribution >= 0.6 is 0 Å². The van der Waals surface area contributed by atoms with Gasteiger partial charge in [0.1, 0.15) is 6.17 Å². The second-order valence-corrected chi connectivity index (χ2v) is 9.24. The lowest BCUT2D eigenvalue weighted by Crippen LogP contribution is -2.38. The van der Waals surface area contributed by atoms with Gasteiger partial charge in [-0.1, -0.05) is 11.3 Å². The van der Waals surface area contributed by atoms with Crippen molar-refractivity contribution in [2.24, 2.45) is 0 Å². The SMILES string of the molecule is Cc1ccc(CNC(=O)c2cn(CC(F)CCn3ccc(NC(=O)C(=N)N4CCCC4)c(F)c3=O)nn2)cn1. The Morgan fingerprint density at radius 3 is 2.69 bits per heavy atom. The number of amidine groups is 1. The number of nitrogens with one attached hydrogen (secondary N) is 3. The van der Waals surface area contributed by atoms with Crippen LogP contribution in [0, 0.1) is 18.2 Å². The summed E-state index contributed by atoms with van der Waals surface area (Å²) in [5.74, 6) is -2.75. The standard InChI is InChI=1S/C25H29F2N9O3/c1-16-4-5-17(12-29-16)13-30-23(37)20-15-36(33-32-20)14-18(26)6-10-35-11-7-19(21(27)25(35)39)31-24(38)22(28)34-8-2-3-9-34/h4-5,7,11-12,15,18,28H,2-3,6,8-10,13-14H2,1H3,(H,30,37)(H,31,38). The number of nitrogens with zero attached hydrogens (tertiary/aromatic N) is 6. The van der Waals surface area contributed by atoms with Crippen LogP contribution in [0.15, 0.2) is 41.6 Å². The summed E-state index contributed by atoms with van der Waals surface area (Å²) in [7, 11) is 0. The number of anilines is 1. The quantitative estimate of drug-likeness (QED) is 0.275. The summed E-state index contributed by atoms with van der Waals surface area (Å²) >= 11 is 0. The molecule has 0 aliphatic carbocycles. The Bertz CT molecular complexity index is 1400. The van der Waals surface area contributed by atoms with E-state index in [4.69, 9.17) is 5.41 Å². The average molecular weight is 542 g/mol. The highest BCUT2D eigenvalue weighted by Crippen LogP contribution is 2.13. The summed E-state index contributed by atoms with van der Waals surface area (Å²) < 4.78 is 31.4. The van der Waals surface area contributed by atoms with Gasteiger partial charge in [-0.25, -0.2) is 9.07 Å². The van der Waals surface area contributed by atoms with Gasteiger partial charge in [-0.05, 0) is 43.9 Å². The highest BCUT2D eigenvalue weighted by Gasteiger charge is 2.23. The number of hydrogen-bond donors (Lipinski definition) is 3. The Balaban J connectivity index is 1.26. The van der Waals surface area contributed by atoms with Crippen molar-refractivity contribution in [3.63, 3.8) is 0 Å². The first-order chi connectivity index (χ1) is 18.7. The summed E-state index contributed by atoms with van der Waals surface area (Å²) in [5.41, 5.74) is 0.342. The molecule has 0 radical (unpaired) electrons. The molecule has 1 aliphatic heterocycles. The molecule has 14 heteroatoms. The van der Waals surface area contributed by atoms with Gasteiger partial charge in [0.2, 0.25) is 5.82 Å². The minimum atomic E-state index is -1.46. The second kappa shape index (κ2) is 12.4. The van der Waals surface area contributed by atoms with Crippen molar-refractivity contribution in [3.8, 4) is 0 Å². The first-order valence-corrected chi connectivity index (χ1v) is 12.5. The molecule has 0 aromatic carbocycles. The highest BCUT2D eigenvalue weighted by molar-refractivity contribution is 6.40. The zero-order valence-electron chi connectivity index (χ0n) is 21.4. The van der Waals surface area contributed by atoms with Crippen LogP contribution in [0.3, 0.4) is 0 Å². The van der Waals surface area contributed by atoms with Gasteiger partial charge >= 0.3 is 0 Å². The predicted octanol–water partition coefficient (Wildman–Crippen LogP) is 1.65. The lowest BCUT2D eigenvalue weighted by Gasteiger charge is -2.17. The van der Waals surface area contributed by atoms with E-state index >= 15 is 0 Å². The molecular weight excluding hydrogens is 512 g/mol. The second-order valence-electron chi connectivity index (χ2n) is 9.24. The van der Waals surface area contributed by atoms with Crippen molar-refractivity contribution in [2.75, 3.05) is 18.4 Å². The van der Waals surface area contributed by atoms with E-state index in [1.165, 1.54) is 23.1 Å². The van der Waals surface area contributed by atoms with Crippen LogP contribution in [0.4, 0.5) is 14.5 Å². The van der Waals surface area contributed by atoms with Crippen molar-refractivity contribution >= 4 is 23.3 Å². The molecule has 3 aromatic rings. The van der Waals surface area contributed by atoms with Crippen LogP contribution < -0.4 is 16.2 Å². The number of halogens is 2. The van der Waals surface area contributed by atoms with Crippen LogP contribution in [0.1, 0.15) is 41.0 Å². The molecule has 12 nitrogen and oxygen atoms in total.